The molecule has 0 fully saturated rings. The van der Waals surface area contributed by atoms with E-state index in [9.17, 15) is 4.79 Å². The van der Waals surface area contributed by atoms with Gasteiger partial charge < -0.3 is 11.1 Å². The van der Waals surface area contributed by atoms with Gasteiger partial charge in [0.1, 0.15) is 12.4 Å². The van der Waals surface area contributed by atoms with Crippen LogP contribution in [0.3, 0.4) is 0 Å². The number of hydrogen-bond donors (Lipinski definition) is 2. The fourth-order valence-corrected chi connectivity index (χ4v) is 1.50. The quantitative estimate of drug-likeness (QED) is 0.790. The average Bonchev–Trinajstić information content (AvgIpc) is 2.74. The summed E-state index contributed by atoms with van der Waals surface area (Å²) in [5.74, 6) is 0.748. The number of aryl methyl sites for hydroxylation is 2. The summed E-state index contributed by atoms with van der Waals surface area (Å²) in [6.45, 7) is 1.97. The number of anilines is 2. The van der Waals surface area contributed by atoms with Crippen LogP contribution < -0.4 is 11.1 Å². The molecule has 0 atom stereocenters. The molecule has 3 N–H and O–H groups in total. The number of carbonyl (C=O) groups is 1. The smallest absolute Gasteiger partial charge is 0.247 e. The molecule has 0 spiro atoms. The van der Waals surface area contributed by atoms with Gasteiger partial charge in [0.05, 0.1) is 0 Å². The first kappa shape index (κ1) is 11.2. The zero-order chi connectivity index (χ0) is 12.4. The minimum Gasteiger partial charge on any atom is -0.382 e. The minimum absolute atomic E-state index is 0.125. The fourth-order valence-electron chi connectivity index (χ4n) is 1.50. The van der Waals surface area contributed by atoms with E-state index in [4.69, 9.17) is 5.73 Å². The van der Waals surface area contributed by atoms with Crippen LogP contribution in [0.5, 0.6) is 0 Å². The van der Waals surface area contributed by atoms with Crippen LogP contribution in [-0.2, 0) is 18.4 Å². The van der Waals surface area contributed by atoms with Gasteiger partial charge in [-0.3, -0.25) is 14.2 Å². The van der Waals surface area contributed by atoms with Crippen molar-refractivity contribution in [2.75, 3.05) is 11.1 Å². The van der Waals surface area contributed by atoms with E-state index in [1.165, 1.54) is 0 Å². The molecule has 0 aromatic carbocycles. The van der Waals surface area contributed by atoms with E-state index < -0.39 is 0 Å². The van der Waals surface area contributed by atoms with Gasteiger partial charge in [-0.15, -0.1) is 0 Å². The number of nitrogens with two attached hydrogens (primary N) is 1. The lowest BCUT2D eigenvalue weighted by atomic mass is 10.4. The van der Waals surface area contributed by atoms with Crippen LogP contribution in [0.15, 0.2) is 18.3 Å². The van der Waals surface area contributed by atoms with E-state index in [-0.39, 0.29) is 12.5 Å². The lowest BCUT2D eigenvalue weighted by Crippen LogP contribution is -2.20. The molecule has 0 saturated heterocycles. The van der Waals surface area contributed by atoms with Gasteiger partial charge in [0.15, 0.2) is 5.82 Å². The molecule has 7 heteroatoms. The van der Waals surface area contributed by atoms with E-state index in [2.05, 4.69) is 15.5 Å². The van der Waals surface area contributed by atoms with Gasteiger partial charge in [-0.05, 0) is 6.92 Å². The third-order valence-corrected chi connectivity index (χ3v) is 2.27. The zero-order valence-electron chi connectivity index (χ0n) is 9.71. The molecule has 2 heterocycles. The third-order valence-electron chi connectivity index (χ3n) is 2.27. The molecule has 17 heavy (non-hydrogen) atoms. The summed E-state index contributed by atoms with van der Waals surface area (Å²) in [6, 6.07) is 3.44. The van der Waals surface area contributed by atoms with Gasteiger partial charge in [0.2, 0.25) is 5.91 Å². The molecule has 2 aromatic heterocycles. The van der Waals surface area contributed by atoms with E-state index in [1.807, 2.05) is 6.92 Å². The first-order valence-corrected chi connectivity index (χ1v) is 5.14. The standard InChI is InChI=1S/C10H14N6O/c1-7-5-8(11)13-16(7)6-10(17)12-9-3-4-15(2)14-9/h3-5H,6H2,1-2H3,(H2,11,13)(H,12,14,17). The molecular weight excluding hydrogens is 220 g/mol. The minimum atomic E-state index is -0.185. The van der Waals surface area contributed by atoms with Crippen LogP contribution in [0.2, 0.25) is 0 Å². The Kier molecular flexibility index (Phi) is 2.82. The summed E-state index contributed by atoms with van der Waals surface area (Å²) in [4.78, 5) is 11.7. The summed E-state index contributed by atoms with van der Waals surface area (Å²) >= 11 is 0. The predicted molar refractivity (Wildman–Crippen MR) is 63.2 cm³/mol. The van der Waals surface area contributed by atoms with Crippen molar-refractivity contribution < 1.29 is 4.79 Å². The second kappa shape index (κ2) is 4.28. The lowest BCUT2D eigenvalue weighted by molar-refractivity contribution is -0.117. The molecule has 7 nitrogen and oxygen atoms in total. The summed E-state index contributed by atoms with van der Waals surface area (Å²) in [6.07, 6.45) is 1.76. The molecule has 90 valence electrons. The first-order chi connectivity index (χ1) is 8.04. The second-order valence-electron chi connectivity index (χ2n) is 3.79. The van der Waals surface area contributed by atoms with Gasteiger partial charge in [-0.1, -0.05) is 0 Å². The Hall–Kier alpha value is -2.31. The molecule has 0 aliphatic carbocycles. The maximum Gasteiger partial charge on any atom is 0.247 e. The van der Waals surface area contributed by atoms with Gasteiger partial charge >= 0.3 is 0 Å². The van der Waals surface area contributed by atoms with Gasteiger partial charge in [-0.25, -0.2) is 0 Å². The summed E-state index contributed by atoms with van der Waals surface area (Å²) in [5.41, 5.74) is 6.38. The Bertz CT molecular complexity index is 541. The molecular formula is C10H14N6O. The first-order valence-electron chi connectivity index (χ1n) is 5.14. The van der Waals surface area contributed by atoms with Gasteiger partial charge in [0.25, 0.3) is 0 Å². The number of hydrogen-bond acceptors (Lipinski definition) is 4. The van der Waals surface area contributed by atoms with Crippen LogP contribution >= 0.6 is 0 Å². The number of rotatable bonds is 3. The highest BCUT2D eigenvalue weighted by Gasteiger charge is 2.08. The van der Waals surface area contributed by atoms with Crippen LogP contribution in [0.1, 0.15) is 5.69 Å². The van der Waals surface area contributed by atoms with Crippen molar-refractivity contribution in [2.24, 2.45) is 7.05 Å². The largest absolute Gasteiger partial charge is 0.382 e. The molecule has 0 radical (unpaired) electrons. The monoisotopic (exact) mass is 234 g/mol. The normalized spacial score (nSPS) is 10.5. The third kappa shape index (κ3) is 2.63. The molecule has 2 rings (SSSR count). The van der Waals surface area contributed by atoms with Crippen molar-refractivity contribution in [2.45, 2.75) is 13.5 Å². The zero-order valence-corrected chi connectivity index (χ0v) is 9.71. The number of nitrogens with zero attached hydrogens (tertiary/aromatic N) is 4. The molecule has 0 aliphatic rings. The van der Waals surface area contributed by atoms with Crippen molar-refractivity contribution in [3.05, 3.63) is 24.0 Å². The lowest BCUT2D eigenvalue weighted by Gasteiger charge is -2.03. The number of carbonyl (C=O) groups excluding carboxylic acids is 1. The molecule has 0 bridgehead atoms. The van der Waals surface area contributed by atoms with Crippen LogP contribution in [0, 0.1) is 6.92 Å². The number of amides is 1. The number of aromatic nitrogens is 4. The highest BCUT2D eigenvalue weighted by molar-refractivity contribution is 5.89. The highest BCUT2D eigenvalue weighted by Crippen LogP contribution is 2.05. The van der Waals surface area contributed by atoms with Crippen molar-refractivity contribution in [3.8, 4) is 0 Å². The SMILES string of the molecule is Cc1cc(N)nn1CC(=O)Nc1ccn(C)n1. The number of nitrogen functional groups attached to an aromatic ring is 1. The fraction of sp³-hybridized carbons (Fsp3) is 0.300. The van der Waals surface area contributed by atoms with E-state index in [1.54, 1.807) is 34.7 Å². The summed E-state index contributed by atoms with van der Waals surface area (Å²) in [7, 11) is 1.79. The molecule has 1 amide bonds. The topological polar surface area (TPSA) is 90.8 Å². The Morgan fingerprint density at radius 2 is 2.29 bits per heavy atom. The van der Waals surface area contributed by atoms with Crippen LogP contribution in [0.25, 0.3) is 0 Å². The van der Waals surface area contributed by atoms with Crippen LogP contribution in [0.4, 0.5) is 11.6 Å². The van der Waals surface area contributed by atoms with Gasteiger partial charge in [0, 0.05) is 31.1 Å². The molecule has 0 unspecified atom stereocenters. The molecule has 0 aliphatic heterocycles. The second-order valence-corrected chi connectivity index (χ2v) is 3.79. The van der Waals surface area contributed by atoms with Crippen molar-refractivity contribution in [1.29, 1.82) is 0 Å². The van der Waals surface area contributed by atoms with Crippen molar-refractivity contribution in [3.63, 3.8) is 0 Å². The Balaban J connectivity index is 2.00. The van der Waals surface area contributed by atoms with Crippen molar-refractivity contribution in [1.82, 2.24) is 19.6 Å². The highest BCUT2D eigenvalue weighted by atomic mass is 16.2. The van der Waals surface area contributed by atoms with Crippen molar-refractivity contribution >= 4 is 17.5 Å². The van der Waals surface area contributed by atoms with E-state index >= 15 is 0 Å². The Morgan fingerprint density at radius 3 is 2.82 bits per heavy atom. The predicted octanol–water partition coefficient (Wildman–Crippen LogP) is 0.146. The van der Waals surface area contributed by atoms with Gasteiger partial charge in [-0.2, -0.15) is 10.2 Å². The summed E-state index contributed by atoms with van der Waals surface area (Å²) in [5, 5.41) is 10.7. The van der Waals surface area contributed by atoms with E-state index in [0.29, 0.717) is 11.6 Å². The molecule has 2 aromatic rings. The number of nitrogens with one attached hydrogen (secondary N) is 1. The summed E-state index contributed by atoms with van der Waals surface area (Å²) < 4.78 is 3.17. The average molecular weight is 234 g/mol. The Labute approximate surface area is 98.2 Å². The maximum absolute atomic E-state index is 11.7. The Morgan fingerprint density at radius 1 is 1.53 bits per heavy atom. The van der Waals surface area contributed by atoms with Crippen LogP contribution in [-0.4, -0.2) is 25.5 Å². The molecule has 0 saturated carbocycles. The maximum atomic E-state index is 11.7. The van der Waals surface area contributed by atoms with E-state index in [0.717, 1.165) is 5.69 Å².